The second-order valence-electron chi connectivity index (χ2n) is 3.63. The maximum atomic E-state index is 11.9. The number of rotatable bonds is 3. The van der Waals surface area contributed by atoms with Crippen molar-refractivity contribution >= 4 is 29.0 Å². The van der Waals surface area contributed by atoms with Gasteiger partial charge >= 0.3 is 0 Å². The number of aryl methyl sites for hydroxylation is 1. The van der Waals surface area contributed by atoms with Crippen molar-refractivity contribution in [2.24, 2.45) is 0 Å². The molecule has 4 N–H and O–H groups in total. The molecule has 0 atom stereocenters. The minimum atomic E-state index is -0.404. The standard InChI is InChI=1S/C11H12ClN5O/c1-2-7-9(13)10(17-16-7)11(18)15-8-4-3-6(12)5-14-8/h3-5H,2,13H2,1H3,(H,16,17)(H,14,15,18). The third-order valence-electron chi connectivity index (χ3n) is 2.42. The van der Waals surface area contributed by atoms with Gasteiger partial charge in [0.2, 0.25) is 0 Å². The zero-order chi connectivity index (χ0) is 13.1. The number of halogens is 1. The summed E-state index contributed by atoms with van der Waals surface area (Å²) in [6.07, 6.45) is 2.13. The van der Waals surface area contributed by atoms with Crippen molar-refractivity contribution in [3.8, 4) is 0 Å². The summed E-state index contributed by atoms with van der Waals surface area (Å²) in [5, 5.41) is 9.70. The van der Waals surface area contributed by atoms with Gasteiger partial charge in [0.05, 0.1) is 16.4 Å². The highest BCUT2D eigenvalue weighted by Gasteiger charge is 2.16. The number of nitrogens with zero attached hydrogens (tertiary/aromatic N) is 2. The highest BCUT2D eigenvalue weighted by atomic mass is 35.5. The van der Waals surface area contributed by atoms with Crippen molar-refractivity contribution in [3.63, 3.8) is 0 Å². The molecule has 2 heterocycles. The summed E-state index contributed by atoms with van der Waals surface area (Å²) in [6.45, 7) is 1.92. The summed E-state index contributed by atoms with van der Waals surface area (Å²) in [4.78, 5) is 15.9. The van der Waals surface area contributed by atoms with E-state index in [0.29, 0.717) is 22.9 Å². The van der Waals surface area contributed by atoms with Crippen LogP contribution in [0.2, 0.25) is 5.02 Å². The largest absolute Gasteiger partial charge is 0.395 e. The van der Waals surface area contributed by atoms with E-state index in [9.17, 15) is 4.79 Å². The lowest BCUT2D eigenvalue weighted by Gasteiger charge is -2.02. The fourth-order valence-electron chi connectivity index (χ4n) is 1.45. The first-order valence-electron chi connectivity index (χ1n) is 5.37. The number of anilines is 2. The van der Waals surface area contributed by atoms with E-state index in [4.69, 9.17) is 17.3 Å². The van der Waals surface area contributed by atoms with E-state index in [0.717, 1.165) is 5.69 Å². The lowest BCUT2D eigenvalue weighted by atomic mass is 10.2. The second-order valence-corrected chi connectivity index (χ2v) is 4.07. The smallest absolute Gasteiger partial charge is 0.279 e. The van der Waals surface area contributed by atoms with E-state index in [-0.39, 0.29) is 5.69 Å². The zero-order valence-electron chi connectivity index (χ0n) is 9.70. The Kier molecular flexibility index (Phi) is 3.47. The molecule has 2 rings (SSSR count). The van der Waals surface area contributed by atoms with E-state index >= 15 is 0 Å². The van der Waals surface area contributed by atoms with Gasteiger partial charge in [-0.1, -0.05) is 18.5 Å². The van der Waals surface area contributed by atoms with Crippen LogP contribution in [0.4, 0.5) is 11.5 Å². The number of nitrogen functional groups attached to an aromatic ring is 1. The Hall–Kier alpha value is -2.08. The Morgan fingerprint density at radius 1 is 1.56 bits per heavy atom. The van der Waals surface area contributed by atoms with Gasteiger partial charge in [-0.3, -0.25) is 9.89 Å². The summed E-state index contributed by atoms with van der Waals surface area (Å²) in [5.41, 5.74) is 7.07. The quantitative estimate of drug-likeness (QED) is 0.789. The number of aromatic amines is 1. The van der Waals surface area contributed by atoms with Gasteiger partial charge in [-0.05, 0) is 18.6 Å². The molecule has 0 aliphatic heterocycles. The van der Waals surface area contributed by atoms with Crippen LogP contribution in [0.3, 0.4) is 0 Å². The number of hydrogen-bond donors (Lipinski definition) is 3. The molecule has 1 amide bonds. The number of carbonyl (C=O) groups is 1. The van der Waals surface area contributed by atoms with Gasteiger partial charge in [-0.2, -0.15) is 5.10 Å². The maximum Gasteiger partial charge on any atom is 0.279 e. The Labute approximate surface area is 109 Å². The van der Waals surface area contributed by atoms with Crippen molar-refractivity contribution < 1.29 is 4.79 Å². The Balaban J connectivity index is 2.16. The topological polar surface area (TPSA) is 96.7 Å². The molecule has 0 aliphatic rings. The first-order valence-corrected chi connectivity index (χ1v) is 5.75. The van der Waals surface area contributed by atoms with Gasteiger partial charge in [0.15, 0.2) is 5.69 Å². The molecule has 6 nitrogen and oxygen atoms in total. The van der Waals surface area contributed by atoms with E-state index in [1.165, 1.54) is 6.20 Å². The molecule has 0 aliphatic carbocycles. The molecule has 0 radical (unpaired) electrons. The first kappa shape index (κ1) is 12.4. The summed E-state index contributed by atoms with van der Waals surface area (Å²) in [6, 6.07) is 3.24. The third kappa shape index (κ3) is 2.43. The number of aromatic nitrogens is 3. The van der Waals surface area contributed by atoms with Gasteiger partial charge in [-0.15, -0.1) is 0 Å². The number of nitrogens with two attached hydrogens (primary N) is 1. The van der Waals surface area contributed by atoms with E-state index in [1.807, 2.05) is 6.92 Å². The van der Waals surface area contributed by atoms with Crippen LogP contribution in [0.5, 0.6) is 0 Å². The van der Waals surface area contributed by atoms with Crippen LogP contribution in [-0.4, -0.2) is 21.1 Å². The molecule has 0 saturated carbocycles. The Morgan fingerprint density at radius 3 is 2.89 bits per heavy atom. The number of amides is 1. The number of pyridine rings is 1. The van der Waals surface area contributed by atoms with Crippen molar-refractivity contribution in [2.45, 2.75) is 13.3 Å². The van der Waals surface area contributed by atoms with Gasteiger partial charge in [0.25, 0.3) is 5.91 Å². The summed E-state index contributed by atoms with van der Waals surface area (Å²) in [5.74, 6) is -0.0110. The van der Waals surface area contributed by atoms with Crippen LogP contribution in [0.15, 0.2) is 18.3 Å². The average molecular weight is 266 g/mol. The van der Waals surface area contributed by atoms with Crippen LogP contribution in [0, 0.1) is 0 Å². The molecule has 0 bridgehead atoms. The molecular formula is C11H12ClN5O. The molecule has 0 saturated heterocycles. The highest BCUT2D eigenvalue weighted by Crippen LogP contribution is 2.16. The second kappa shape index (κ2) is 5.05. The van der Waals surface area contributed by atoms with Crippen LogP contribution < -0.4 is 11.1 Å². The Morgan fingerprint density at radius 2 is 2.33 bits per heavy atom. The SMILES string of the molecule is CCc1[nH]nc(C(=O)Nc2ccc(Cl)cn2)c1N. The van der Waals surface area contributed by atoms with E-state index in [2.05, 4.69) is 20.5 Å². The summed E-state index contributed by atoms with van der Waals surface area (Å²) >= 11 is 5.70. The zero-order valence-corrected chi connectivity index (χ0v) is 10.5. The molecule has 18 heavy (non-hydrogen) atoms. The molecule has 0 aromatic carbocycles. The van der Waals surface area contributed by atoms with Gasteiger partial charge in [0.1, 0.15) is 5.82 Å². The predicted molar refractivity (Wildman–Crippen MR) is 69.6 cm³/mol. The van der Waals surface area contributed by atoms with Crippen molar-refractivity contribution in [1.82, 2.24) is 15.2 Å². The number of hydrogen-bond acceptors (Lipinski definition) is 4. The fraction of sp³-hybridized carbons (Fsp3) is 0.182. The van der Waals surface area contributed by atoms with Crippen LogP contribution in [0.25, 0.3) is 0 Å². The van der Waals surface area contributed by atoms with E-state index < -0.39 is 5.91 Å². The number of carbonyl (C=O) groups excluding carboxylic acids is 1. The average Bonchev–Trinajstić information content (AvgIpc) is 2.73. The molecule has 2 aromatic rings. The molecule has 0 unspecified atom stereocenters. The minimum Gasteiger partial charge on any atom is -0.395 e. The molecule has 0 spiro atoms. The predicted octanol–water partition coefficient (Wildman–Crippen LogP) is 1.85. The Bertz CT molecular complexity index is 563. The van der Waals surface area contributed by atoms with Crippen LogP contribution in [0.1, 0.15) is 23.1 Å². The normalized spacial score (nSPS) is 10.3. The maximum absolute atomic E-state index is 11.9. The van der Waals surface area contributed by atoms with Gasteiger partial charge in [-0.25, -0.2) is 4.98 Å². The summed E-state index contributed by atoms with van der Waals surface area (Å²) in [7, 11) is 0. The van der Waals surface area contributed by atoms with Crippen molar-refractivity contribution in [1.29, 1.82) is 0 Å². The van der Waals surface area contributed by atoms with E-state index in [1.54, 1.807) is 12.1 Å². The molecule has 94 valence electrons. The molecule has 7 heteroatoms. The summed E-state index contributed by atoms with van der Waals surface area (Å²) < 4.78 is 0. The van der Waals surface area contributed by atoms with Gasteiger partial charge < -0.3 is 11.1 Å². The molecule has 0 fully saturated rings. The molecule has 2 aromatic heterocycles. The first-order chi connectivity index (χ1) is 8.61. The number of nitrogens with one attached hydrogen (secondary N) is 2. The fourth-order valence-corrected chi connectivity index (χ4v) is 1.57. The van der Waals surface area contributed by atoms with Gasteiger partial charge in [0, 0.05) is 6.20 Å². The minimum absolute atomic E-state index is 0.170. The van der Waals surface area contributed by atoms with Crippen LogP contribution in [-0.2, 0) is 6.42 Å². The number of H-pyrrole nitrogens is 1. The van der Waals surface area contributed by atoms with Crippen LogP contribution >= 0.6 is 11.6 Å². The van der Waals surface area contributed by atoms with Crippen molar-refractivity contribution in [3.05, 3.63) is 34.7 Å². The monoisotopic (exact) mass is 265 g/mol. The van der Waals surface area contributed by atoms with Crippen molar-refractivity contribution in [2.75, 3.05) is 11.1 Å². The lowest BCUT2D eigenvalue weighted by Crippen LogP contribution is -2.15. The molecular weight excluding hydrogens is 254 g/mol. The highest BCUT2D eigenvalue weighted by molar-refractivity contribution is 6.30. The lowest BCUT2D eigenvalue weighted by molar-refractivity contribution is 0.102. The third-order valence-corrected chi connectivity index (χ3v) is 2.64.